The summed E-state index contributed by atoms with van der Waals surface area (Å²) >= 11 is 0. The lowest BCUT2D eigenvalue weighted by molar-refractivity contribution is 0.217. The fraction of sp³-hybridized carbons (Fsp3) is 0.625. The van der Waals surface area contributed by atoms with E-state index >= 15 is 0 Å². The van der Waals surface area contributed by atoms with Crippen LogP contribution < -0.4 is 4.43 Å². The minimum atomic E-state index is -2.48. The molecule has 1 rings (SSSR count). The topological polar surface area (TPSA) is 87.5 Å². The van der Waals surface area contributed by atoms with Crippen LogP contribution in [0.4, 0.5) is 0 Å². The second-order valence-corrected chi connectivity index (χ2v) is 10.3. The van der Waals surface area contributed by atoms with Crippen LogP contribution in [0, 0.1) is 0 Å². The van der Waals surface area contributed by atoms with Crippen molar-refractivity contribution in [3.8, 4) is 5.75 Å². The Labute approximate surface area is 139 Å². The van der Waals surface area contributed by atoms with Crippen LogP contribution in [0.1, 0.15) is 39.7 Å². The standard InChI is InChI=1S/C16H27N3O3Si/c1-13(2)23(14(3)4,21-11-5-10-18-19-17)22-16-8-6-15(12-20)7-9-16/h6-9,13-14,20H,5,10-12H2,1-4H3. The molecule has 23 heavy (non-hydrogen) atoms. The molecule has 0 aliphatic carbocycles. The molecule has 0 radical (unpaired) electrons. The molecule has 0 bridgehead atoms. The molecule has 0 aliphatic heterocycles. The molecule has 128 valence electrons. The summed E-state index contributed by atoms with van der Waals surface area (Å²) in [5.74, 6) is 0.770. The fourth-order valence-electron chi connectivity index (χ4n) is 2.52. The highest BCUT2D eigenvalue weighted by Crippen LogP contribution is 2.35. The second-order valence-electron chi connectivity index (χ2n) is 6.09. The Kier molecular flexibility index (Phi) is 8.12. The van der Waals surface area contributed by atoms with Gasteiger partial charge in [0.15, 0.2) is 0 Å². The summed E-state index contributed by atoms with van der Waals surface area (Å²) in [5.41, 5.74) is 9.73. The summed E-state index contributed by atoms with van der Waals surface area (Å²) in [7, 11) is -2.48. The molecular weight excluding hydrogens is 310 g/mol. The van der Waals surface area contributed by atoms with Crippen molar-refractivity contribution in [3.05, 3.63) is 40.3 Å². The summed E-state index contributed by atoms with van der Waals surface area (Å²) in [6, 6.07) is 7.47. The van der Waals surface area contributed by atoms with Crippen molar-refractivity contribution in [2.45, 2.75) is 51.8 Å². The van der Waals surface area contributed by atoms with Gasteiger partial charge in [-0.25, -0.2) is 0 Å². The molecule has 1 aromatic rings. The van der Waals surface area contributed by atoms with Crippen LogP contribution in [0.15, 0.2) is 29.4 Å². The molecule has 0 saturated carbocycles. The van der Waals surface area contributed by atoms with Gasteiger partial charge in [0.05, 0.1) is 6.61 Å². The fourth-order valence-corrected chi connectivity index (χ4v) is 6.02. The zero-order chi connectivity index (χ0) is 17.3. The maximum absolute atomic E-state index is 9.13. The van der Waals surface area contributed by atoms with Crippen molar-refractivity contribution in [3.63, 3.8) is 0 Å². The lowest BCUT2D eigenvalue weighted by Crippen LogP contribution is -2.51. The summed E-state index contributed by atoms with van der Waals surface area (Å²) < 4.78 is 12.6. The monoisotopic (exact) mass is 337 g/mol. The van der Waals surface area contributed by atoms with Gasteiger partial charge in [0.25, 0.3) is 0 Å². The van der Waals surface area contributed by atoms with Crippen LogP contribution in [0.25, 0.3) is 10.4 Å². The molecule has 0 saturated heterocycles. The highest BCUT2D eigenvalue weighted by molar-refractivity contribution is 6.70. The van der Waals surface area contributed by atoms with Crippen molar-refractivity contribution in [2.24, 2.45) is 5.11 Å². The van der Waals surface area contributed by atoms with E-state index in [0.717, 1.165) is 11.3 Å². The van der Waals surface area contributed by atoms with E-state index in [0.29, 0.717) is 19.6 Å². The van der Waals surface area contributed by atoms with Gasteiger partial charge < -0.3 is 14.0 Å². The van der Waals surface area contributed by atoms with E-state index in [1.54, 1.807) is 0 Å². The van der Waals surface area contributed by atoms with Gasteiger partial charge in [0.2, 0.25) is 0 Å². The highest BCUT2D eigenvalue weighted by Gasteiger charge is 2.47. The third kappa shape index (κ3) is 5.55. The Balaban J connectivity index is 2.86. The molecular formula is C16H27N3O3Si. The maximum Gasteiger partial charge on any atom is 0.404 e. The molecule has 0 spiro atoms. The van der Waals surface area contributed by atoms with Crippen LogP contribution >= 0.6 is 0 Å². The summed E-state index contributed by atoms with van der Waals surface area (Å²) in [4.78, 5) is 2.75. The number of aliphatic hydroxyl groups excluding tert-OH is 1. The minimum absolute atomic E-state index is 0.0210. The van der Waals surface area contributed by atoms with Crippen molar-refractivity contribution < 1.29 is 14.0 Å². The van der Waals surface area contributed by atoms with Crippen molar-refractivity contribution in [1.82, 2.24) is 0 Å². The molecule has 0 amide bonds. The van der Waals surface area contributed by atoms with E-state index in [4.69, 9.17) is 19.5 Å². The number of aliphatic hydroxyl groups is 1. The quantitative estimate of drug-likeness (QED) is 0.223. The maximum atomic E-state index is 9.13. The Morgan fingerprint density at radius 1 is 1.17 bits per heavy atom. The van der Waals surface area contributed by atoms with Crippen LogP contribution in [-0.2, 0) is 11.0 Å². The van der Waals surface area contributed by atoms with Gasteiger partial charge in [-0.2, -0.15) is 0 Å². The molecule has 6 nitrogen and oxygen atoms in total. The molecule has 1 N–H and O–H groups in total. The van der Waals surface area contributed by atoms with E-state index in [-0.39, 0.29) is 17.7 Å². The van der Waals surface area contributed by atoms with E-state index in [2.05, 4.69) is 37.7 Å². The van der Waals surface area contributed by atoms with E-state index in [1.807, 2.05) is 24.3 Å². The average Bonchev–Trinajstić information content (AvgIpc) is 2.53. The third-order valence-corrected chi connectivity index (χ3v) is 8.22. The Morgan fingerprint density at radius 3 is 2.26 bits per heavy atom. The molecule has 0 fully saturated rings. The van der Waals surface area contributed by atoms with Gasteiger partial charge >= 0.3 is 8.56 Å². The van der Waals surface area contributed by atoms with Crippen molar-refractivity contribution >= 4 is 8.56 Å². The molecule has 0 aliphatic rings. The molecule has 0 unspecified atom stereocenters. The zero-order valence-corrected chi connectivity index (χ0v) is 15.4. The largest absolute Gasteiger partial charge is 0.520 e. The van der Waals surface area contributed by atoms with Crippen LogP contribution in [-0.4, -0.2) is 26.8 Å². The lowest BCUT2D eigenvalue weighted by Gasteiger charge is -2.37. The molecule has 0 aromatic heterocycles. The van der Waals surface area contributed by atoms with Gasteiger partial charge in [0, 0.05) is 29.1 Å². The first-order chi connectivity index (χ1) is 11.0. The van der Waals surface area contributed by atoms with Gasteiger partial charge in [-0.05, 0) is 29.6 Å². The molecule has 0 atom stereocenters. The van der Waals surface area contributed by atoms with Gasteiger partial charge in [-0.1, -0.05) is 44.9 Å². The van der Waals surface area contributed by atoms with E-state index in [1.165, 1.54) is 0 Å². The van der Waals surface area contributed by atoms with Crippen LogP contribution in [0.2, 0.25) is 11.1 Å². The van der Waals surface area contributed by atoms with Gasteiger partial charge in [-0.3, -0.25) is 0 Å². The lowest BCUT2D eigenvalue weighted by atomic mass is 10.2. The normalized spacial score (nSPS) is 11.6. The van der Waals surface area contributed by atoms with E-state index in [9.17, 15) is 0 Å². The molecule has 1 aromatic carbocycles. The summed E-state index contributed by atoms with van der Waals surface area (Å²) in [5, 5.41) is 12.7. The highest BCUT2D eigenvalue weighted by atomic mass is 28.4. The summed E-state index contributed by atoms with van der Waals surface area (Å²) in [6.07, 6.45) is 0.686. The van der Waals surface area contributed by atoms with Gasteiger partial charge in [-0.15, -0.1) is 0 Å². The molecule has 7 heteroatoms. The van der Waals surface area contributed by atoms with E-state index < -0.39 is 8.56 Å². The predicted octanol–water partition coefficient (Wildman–Crippen LogP) is 4.54. The zero-order valence-electron chi connectivity index (χ0n) is 14.4. The first-order valence-electron chi connectivity index (χ1n) is 8.00. The van der Waals surface area contributed by atoms with Crippen LogP contribution in [0.3, 0.4) is 0 Å². The van der Waals surface area contributed by atoms with Crippen molar-refractivity contribution in [1.29, 1.82) is 0 Å². The number of hydrogen-bond donors (Lipinski definition) is 1. The SMILES string of the molecule is CC(C)[Si](OCCCN=[N+]=[N-])(Oc1ccc(CO)cc1)C(C)C. The average molecular weight is 337 g/mol. The number of hydrogen-bond acceptors (Lipinski definition) is 4. The van der Waals surface area contributed by atoms with Gasteiger partial charge in [0.1, 0.15) is 5.75 Å². The van der Waals surface area contributed by atoms with Crippen LogP contribution in [0.5, 0.6) is 5.75 Å². The first-order valence-corrected chi connectivity index (χ1v) is 9.97. The number of azide groups is 1. The minimum Gasteiger partial charge on any atom is -0.520 e. The number of rotatable bonds is 10. The number of nitrogens with zero attached hydrogens (tertiary/aromatic N) is 3. The Morgan fingerprint density at radius 2 is 1.78 bits per heavy atom. The first kappa shape index (κ1) is 19.5. The summed E-state index contributed by atoms with van der Waals surface area (Å²) in [6.45, 7) is 9.48. The Bertz CT molecular complexity index is 506. The smallest absolute Gasteiger partial charge is 0.404 e. The predicted molar refractivity (Wildman–Crippen MR) is 93.5 cm³/mol. The van der Waals surface area contributed by atoms with Crippen molar-refractivity contribution in [2.75, 3.05) is 13.2 Å². The Hall–Kier alpha value is -1.53. The third-order valence-electron chi connectivity index (χ3n) is 3.79. The number of benzene rings is 1. The second kappa shape index (κ2) is 9.57. The molecule has 0 heterocycles.